The Bertz CT molecular complexity index is 526. The Labute approximate surface area is 122 Å². The number of carbonyl (C=O) groups is 2. The van der Waals surface area contributed by atoms with Gasteiger partial charge in [-0.2, -0.15) is 0 Å². The molecule has 1 aromatic carbocycles. The average Bonchev–Trinajstić information content (AvgIpc) is 2.36. The maximum absolute atomic E-state index is 11.6. The molecule has 5 N–H and O–H groups in total. The van der Waals surface area contributed by atoms with Crippen molar-refractivity contribution in [2.24, 2.45) is 11.5 Å². The molecule has 0 unspecified atom stereocenters. The quantitative estimate of drug-likeness (QED) is 0.644. The molecule has 7 heteroatoms. The molecule has 2 amide bonds. The van der Waals surface area contributed by atoms with Crippen molar-refractivity contribution >= 4 is 29.0 Å². The summed E-state index contributed by atoms with van der Waals surface area (Å²) in [6.45, 7) is 2.82. The van der Waals surface area contributed by atoms with Crippen molar-refractivity contribution in [3.05, 3.63) is 29.8 Å². The van der Waals surface area contributed by atoms with Crippen molar-refractivity contribution in [1.29, 1.82) is 0 Å². The third-order valence-corrected chi connectivity index (χ3v) is 2.81. The van der Waals surface area contributed by atoms with Crippen LogP contribution < -0.4 is 21.5 Å². The molecule has 1 rings (SSSR count). The van der Waals surface area contributed by atoms with Crippen molar-refractivity contribution in [3.8, 4) is 5.75 Å². The van der Waals surface area contributed by atoms with Crippen LogP contribution in [-0.2, 0) is 9.59 Å². The van der Waals surface area contributed by atoms with Crippen LogP contribution in [0.1, 0.15) is 19.4 Å². The van der Waals surface area contributed by atoms with Gasteiger partial charge in [-0.1, -0.05) is 12.2 Å². The maximum atomic E-state index is 11.6. The molecule has 0 aliphatic rings. The summed E-state index contributed by atoms with van der Waals surface area (Å²) in [6, 6.07) is 6.70. The van der Waals surface area contributed by atoms with Crippen molar-refractivity contribution in [2.45, 2.75) is 19.4 Å². The molecule has 108 valence electrons. The standard InChI is InChI=1S/C13H17N3O3S/c1-13(2,12(15)18)16-10(17)7-19-9-5-3-8(4-6-9)11(14)20/h3-6H,7H2,1-2H3,(H2,14,20)(H2,15,18)(H,16,17). The van der Waals surface area contributed by atoms with E-state index < -0.39 is 17.4 Å². The Morgan fingerprint density at radius 2 is 1.80 bits per heavy atom. The normalized spacial score (nSPS) is 10.7. The molecule has 0 aromatic heterocycles. The van der Waals surface area contributed by atoms with Crippen LogP contribution in [0.25, 0.3) is 0 Å². The van der Waals surface area contributed by atoms with Gasteiger partial charge in [-0.25, -0.2) is 0 Å². The van der Waals surface area contributed by atoms with E-state index in [-0.39, 0.29) is 11.6 Å². The van der Waals surface area contributed by atoms with Crippen molar-refractivity contribution in [3.63, 3.8) is 0 Å². The van der Waals surface area contributed by atoms with E-state index in [9.17, 15) is 9.59 Å². The summed E-state index contributed by atoms with van der Waals surface area (Å²) in [7, 11) is 0. The molecule has 0 fully saturated rings. The first-order chi connectivity index (χ1) is 9.22. The highest BCUT2D eigenvalue weighted by molar-refractivity contribution is 7.80. The van der Waals surface area contributed by atoms with E-state index in [2.05, 4.69) is 5.32 Å². The van der Waals surface area contributed by atoms with Crippen LogP contribution >= 0.6 is 12.2 Å². The summed E-state index contributed by atoms with van der Waals surface area (Å²) in [5.41, 5.74) is 10.2. The molecule has 20 heavy (non-hydrogen) atoms. The van der Waals surface area contributed by atoms with Crippen LogP contribution in [0.2, 0.25) is 0 Å². The number of nitrogens with one attached hydrogen (secondary N) is 1. The van der Waals surface area contributed by atoms with E-state index in [1.54, 1.807) is 24.3 Å². The number of amides is 2. The summed E-state index contributed by atoms with van der Waals surface area (Å²) < 4.78 is 5.28. The van der Waals surface area contributed by atoms with E-state index in [0.717, 1.165) is 0 Å². The molecule has 0 saturated carbocycles. The molecule has 0 aliphatic carbocycles. The Hall–Kier alpha value is -2.15. The predicted octanol–water partition coefficient (Wildman–Crippen LogP) is 0.0797. The fraction of sp³-hybridized carbons (Fsp3) is 0.308. The highest BCUT2D eigenvalue weighted by atomic mass is 32.1. The first-order valence-electron chi connectivity index (χ1n) is 5.86. The molecule has 0 bridgehead atoms. The minimum atomic E-state index is -1.12. The molecule has 6 nitrogen and oxygen atoms in total. The lowest BCUT2D eigenvalue weighted by Crippen LogP contribution is -2.54. The van der Waals surface area contributed by atoms with Crippen LogP contribution in [0, 0.1) is 0 Å². The first-order valence-corrected chi connectivity index (χ1v) is 6.27. The number of hydrogen-bond donors (Lipinski definition) is 3. The van der Waals surface area contributed by atoms with Crippen molar-refractivity contribution in [1.82, 2.24) is 5.32 Å². The van der Waals surface area contributed by atoms with Crippen molar-refractivity contribution in [2.75, 3.05) is 6.61 Å². The molecule has 0 radical (unpaired) electrons. The second-order valence-electron chi connectivity index (χ2n) is 4.71. The van der Waals surface area contributed by atoms with Gasteiger partial charge in [0.1, 0.15) is 16.3 Å². The Morgan fingerprint density at radius 1 is 1.25 bits per heavy atom. The molecular weight excluding hydrogens is 278 g/mol. The molecule has 0 spiro atoms. The third-order valence-electron chi connectivity index (χ3n) is 2.58. The topological polar surface area (TPSA) is 107 Å². The van der Waals surface area contributed by atoms with E-state index >= 15 is 0 Å². The number of hydrogen-bond acceptors (Lipinski definition) is 4. The molecule has 0 aliphatic heterocycles. The summed E-state index contributed by atoms with van der Waals surface area (Å²) in [5, 5.41) is 2.48. The van der Waals surface area contributed by atoms with E-state index in [1.807, 2.05) is 0 Å². The summed E-state index contributed by atoms with van der Waals surface area (Å²) in [4.78, 5) is 23.0. The zero-order valence-electron chi connectivity index (χ0n) is 11.3. The number of benzene rings is 1. The summed E-state index contributed by atoms with van der Waals surface area (Å²) in [6.07, 6.45) is 0. The zero-order valence-corrected chi connectivity index (χ0v) is 12.1. The number of thiocarbonyl (C=S) groups is 1. The molecule has 0 atom stereocenters. The van der Waals surface area contributed by atoms with E-state index in [1.165, 1.54) is 13.8 Å². The SMILES string of the molecule is CC(C)(NC(=O)COc1ccc(C(N)=S)cc1)C(N)=O. The van der Waals surface area contributed by atoms with Gasteiger partial charge in [0.25, 0.3) is 5.91 Å². The Kier molecular flexibility index (Phi) is 5.04. The zero-order chi connectivity index (χ0) is 15.3. The number of rotatable bonds is 6. The number of carbonyl (C=O) groups excluding carboxylic acids is 2. The largest absolute Gasteiger partial charge is 0.484 e. The lowest BCUT2D eigenvalue weighted by Gasteiger charge is -2.22. The fourth-order valence-electron chi connectivity index (χ4n) is 1.31. The second kappa shape index (κ2) is 6.33. The number of primary amides is 1. The van der Waals surface area contributed by atoms with Gasteiger partial charge in [-0.05, 0) is 38.1 Å². The van der Waals surface area contributed by atoms with Crippen LogP contribution in [0.15, 0.2) is 24.3 Å². The van der Waals surface area contributed by atoms with Gasteiger partial charge < -0.3 is 21.5 Å². The monoisotopic (exact) mass is 295 g/mol. The minimum Gasteiger partial charge on any atom is -0.484 e. The van der Waals surface area contributed by atoms with Gasteiger partial charge in [0.2, 0.25) is 5.91 Å². The Balaban J connectivity index is 2.53. The van der Waals surface area contributed by atoms with Gasteiger partial charge in [0.05, 0.1) is 0 Å². The minimum absolute atomic E-state index is 0.219. The lowest BCUT2D eigenvalue weighted by atomic mass is 10.1. The van der Waals surface area contributed by atoms with E-state index in [4.69, 9.17) is 28.4 Å². The van der Waals surface area contributed by atoms with Crippen molar-refractivity contribution < 1.29 is 14.3 Å². The lowest BCUT2D eigenvalue weighted by molar-refractivity contribution is -0.131. The number of nitrogens with two attached hydrogens (primary N) is 2. The fourth-order valence-corrected chi connectivity index (χ4v) is 1.45. The van der Waals surface area contributed by atoms with Gasteiger partial charge in [-0.15, -0.1) is 0 Å². The predicted molar refractivity (Wildman–Crippen MR) is 79.2 cm³/mol. The molecule has 0 saturated heterocycles. The summed E-state index contributed by atoms with van der Waals surface area (Å²) >= 11 is 4.82. The highest BCUT2D eigenvalue weighted by Crippen LogP contribution is 2.12. The van der Waals surface area contributed by atoms with Crippen LogP contribution in [-0.4, -0.2) is 28.9 Å². The maximum Gasteiger partial charge on any atom is 0.258 e. The van der Waals surface area contributed by atoms with Gasteiger partial charge in [-0.3, -0.25) is 9.59 Å². The third kappa shape index (κ3) is 4.51. The average molecular weight is 295 g/mol. The smallest absolute Gasteiger partial charge is 0.258 e. The highest BCUT2D eigenvalue weighted by Gasteiger charge is 2.26. The van der Waals surface area contributed by atoms with Crippen LogP contribution in [0.3, 0.4) is 0 Å². The molecule has 1 aromatic rings. The van der Waals surface area contributed by atoms with Gasteiger partial charge in [0.15, 0.2) is 6.61 Å². The number of ether oxygens (including phenoxy) is 1. The van der Waals surface area contributed by atoms with Gasteiger partial charge >= 0.3 is 0 Å². The van der Waals surface area contributed by atoms with Crippen LogP contribution in [0.4, 0.5) is 0 Å². The summed E-state index contributed by atoms with van der Waals surface area (Å²) in [5.74, 6) is -0.559. The first kappa shape index (κ1) is 15.9. The Morgan fingerprint density at radius 3 is 2.25 bits per heavy atom. The second-order valence-corrected chi connectivity index (χ2v) is 5.15. The van der Waals surface area contributed by atoms with Gasteiger partial charge in [0, 0.05) is 5.56 Å². The van der Waals surface area contributed by atoms with E-state index in [0.29, 0.717) is 11.3 Å². The molecular formula is C13H17N3O3S. The van der Waals surface area contributed by atoms with Crippen LogP contribution in [0.5, 0.6) is 5.75 Å². The molecule has 0 heterocycles.